The quantitative estimate of drug-likeness (QED) is 0.305. The Kier molecular flexibility index (Phi) is 8.46. The minimum atomic E-state index is -0.636. The zero-order chi connectivity index (χ0) is 25.8. The predicted octanol–water partition coefficient (Wildman–Crippen LogP) is 5.82. The lowest BCUT2D eigenvalue weighted by atomic mass is 9.71. The second-order valence-electron chi connectivity index (χ2n) is 8.81. The number of rotatable bonds is 8. The molecule has 2 aromatic carbocycles. The fourth-order valence-corrected chi connectivity index (χ4v) is 5.88. The number of phenols is 1. The number of phenolic OH excluding ortho intramolecular Hbond substituents is 1. The Balaban J connectivity index is 1.78. The number of carbonyl (C=O) groups is 2. The number of aromatic hydroxyl groups is 1. The van der Waals surface area contributed by atoms with Gasteiger partial charge in [0, 0.05) is 35.1 Å². The zero-order valence-corrected chi connectivity index (χ0v) is 23.0. The van der Waals surface area contributed by atoms with Gasteiger partial charge in [0.1, 0.15) is 6.61 Å². The van der Waals surface area contributed by atoms with Crippen molar-refractivity contribution in [3.05, 3.63) is 80.6 Å². The van der Waals surface area contributed by atoms with Crippen LogP contribution in [-0.2, 0) is 14.3 Å². The van der Waals surface area contributed by atoms with Gasteiger partial charge in [0.25, 0.3) is 0 Å². The number of thioether (sulfide) groups is 1. The summed E-state index contributed by atoms with van der Waals surface area (Å²) in [6.45, 7) is 4.19. The lowest BCUT2D eigenvalue weighted by Gasteiger charge is -2.37. The number of hydrogen-bond acceptors (Lipinski definition) is 7. The molecule has 0 unspecified atom stereocenters. The summed E-state index contributed by atoms with van der Waals surface area (Å²) < 4.78 is 11.4. The number of nitrogens with one attached hydrogen (secondary N) is 1. The maximum atomic E-state index is 13.7. The highest BCUT2D eigenvalue weighted by Gasteiger charge is 2.41. The second-order valence-corrected chi connectivity index (χ2v) is 11.1. The third-order valence-electron chi connectivity index (χ3n) is 6.59. The minimum absolute atomic E-state index is 0.00916. The summed E-state index contributed by atoms with van der Waals surface area (Å²) in [6, 6.07) is 13.5. The van der Waals surface area contributed by atoms with Crippen LogP contribution in [0.15, 0.2) is 69.5 Å². The summed E-state index contributed by atoms with van der Waals surface area (Å²) in [5.41, 5.74) is 4.25. The van der Waals surface area contributed by atoms with Crippen molar-refractivity contribution in [1.29, 1.82) is 0 Å². The van der Waals surface area contributed by atoms with E-state index in [-0.39, 0.29) is 23.2 Å². The van der Waals surface area contributed by atoms with E-state index < -0.39 is 11.9 Å². The Morgan fingerprint density at radius 1 is 1.19 bits per heavy atom. The first kappa shape index (κ1) is 26.4. The van der Waals surface area contributed by atoms with Crippen LogP contribution in [0.4, 0.5) is 0 Å². The number of methoxy groups -OCH3 is 1. The Hall–Kier alpha value is -2.71. The van der Waals surface area contributed by atoms with Crippen LogP contribution >= 0.6 is 27.7 Å². The van der Waals surface area contributed by atoms with Crippen molar-refractivity contribution in [2.45, 2.75) is 38.5 Å². The van der Waals surface area contributed by atoms with Crippen molar-refractivity contribution in [1.82, 2.24) is 5.32 Å². The van der Waals surface area contributed by atoms with Gasteiger partial charge >= 0.3 is 5.97 Å². The number of Topliss-reactive ketones (excluding diaryl/α,β-unsaturated/α-hetero) is 1. The van der Waals surface area contributed by atoms with Crippen molar-refractivity contribution in [2.75, 3.05) is 25.2 Å². The first-order chi connectivity index (χ1) is 17.3. The molecule has 0 spiro atoms. The number of halogens is 1. The largest absolute Gasteiger partial charge is 0.503 e. The van der Waals surface area contributed by atoms with Crippen molar-refractivity contribution < 1.29 is 24.2 Å². The monoisotopic (exact) mass is 571 g/mol. The fourth-order valence-electron chi connectivity index (χ4n) is 4.94. The molecule has 2 aromatic rings. The van der Waals surface area contributed by atoms with Gasteiger partial charge in [-0.25, -0.2) is 4.79 Å². The molecule has 0 radical (unpaired) electrons. The average Bonchev–Trinajstić information content (AvgIpc) is 2.87. The first-order valence-electron chi connectivity index (χ1n) is 12.0. The Bertz CT molecular complexity index is 1220. The normalized spacial score (nSPS) is 19.6. The van der Waals surface area contributed by atoms with Gasteiger partial charge in [-0.05, 0) is 64.2 Å². The molecular weight excluding hydrogens is 542 g/mol. The van der Waals surface area contributed by atoms with Gasteiger partial charge < -0.3 is 19.9 Å². The lowest BCUT2D eigenvalue weighted by Crippen LogP contribution is -2.36. The topological polar surface area (TPSA) is 84.9 Å². The molecule has 0 saturated carbocycles. The van der Waals surface area contributed by atoms with Gasteiger partial charge in [-0.3, -0.25) is 4.79 Å². The standard InChI is InChI=1S/C28H30BrNO5S/c1-4-36-11-10-35-28(33)24-16(2)30-21-13-18(17-8-6-5-7-9-17)14-22(31)26(21)25(24)19-12-20(29)27(32)23(15-19)34-3/h5-9,12,15,18,25,30,32H,4,10-11,13-14H2,1-3H3/t18-,25-/m1/s1. The molecule has 0 fully saturated rings. The van der Waals surface area contributed by atoms with Gasteiger partial charge in [-0.2, -0.15) is 11.8 Å². The van der Waals surface area contributed by atoms with Gasteiger partial charge in [0.2, 0.25) is 0 Å². The van der Waals surface area contributed by atoms with Crippen molar-refractivity contribution in [3.8, 4) is 11.5 Å². The van der Waals surface area contributed by atoms with Crippen molar-refractivity contribution >= 4 is 39.4 Å². The third-order valence-corrected chi connectivity index (χ3v) is 8.06. The summed E-state index contributed by atoms with van der Waals surface area (Å²) in [5, 5.41) is 13.8. The highest BCUT2D eigenvalue weighted by molar-refractivity contribution is 9.10. The Morgan fingerprint density at radius 3 is 2.64 bits per heavy atom. The SMILES string of the molecule is CCSCCOC(=O)C1=C(C)NC2=C(C(=O)C[C@H](c3ccccc3)C2)[C@@H]1c1cc(Br)c(O)c(OC)c1. The predicted molar refractivity (Wildman–Crippen MR) is 145 cm³/mol. The summed E-state index contributed by atoms with van der Waals surface area (Å²) in [4.78, 5) is 27.1. The Labute approximate surface area is 224 Å². The number of allylic oxidation sites excluding steroid dienone is 3. The molecule has 2 N–H and O–H groups in total. The van der Waals surface area contributed by atoms with E-state index in [1.807, 2.05) is 37.3 Å². The molecule has 2 atom stereocenters. The smallest absolute Gasteiger partial charge is 0.336 e. The lowest BCUT2D eigenvalue weighted by molar-refractivity contribution is -0.138. The van der Waals surface area contributed by atoms with Gasteiger partial charge in [0.05, 0.1) is 17.2 Å². The molecule has 4 rings (SSSR count). The third kappa shape index (κ3) is 5.34. The highest BCUT2D eigenvalue weighted by Crippen LogP contribution is 2.48. The molecule has 0 aromatic heterocycles. The average molecular weight is 573 g/mol. The van der Waals surface area contributed by atoms with E-state index in [4.69, 9.17) is 9.47 Å². The number of ketones is 1. The molecule has 0 saturated heterocycles. The highest BCUT2D eigenvalue weighted by atomic mass is 79.9. The van der Waals surface area contributed by atoms with Crippen LogP contribution in [0.25, 0.3) is 0 Å². The van der Waals surface area contributed by atoms with Crippen LogP contribution in [0, 0.1) is 0 Å². The van der Waals surface area contributed by atoms with E-state index >= 15 is 0 Å². The van der Waals surface area contributed by atoms with Gasteiger partial charge in [0.15, 0.2) is 17.3 Å². The van der Waals surface area contributed by atoms with Crippen LogP contribution in [0.3, 0.4) is 0 Å². The van der Waals surface area contributed by atoms with Crippen LogP contribution in [0.1, 0.15) is 49.7 Å². The molecule has 6 nitrogen and oxygen atoms in total. The molecule has 8 heteroatoms. The van der Waals surface area contributed by atoms with Crippen molar-refractivity contribution in [3.63, 3.8) is 0 Å². The van der Waals surface area contributed by atoms with E-state index in [0.717, 1.165) is 17.0 Å². The number of dihydropyridines is 1. The van der Waals surface area contributed by atoms with E-state index in [1.54, 1.807) is 23.9 Å². The summed E-state index contributed by atoms with van der Waals surface area (Å²) in [6.07, 6.45) is 1.01. The van der Waals surface area contributed by atoms with E-state index in [1.165, 1.54) is 7.11 Å². The molecule has 36 heavy (non-hydrogen) atoms. The molecular formula is C28H30BrNO5S. The van der Waals surface area contributed by atoms with Crippen molar-refractivity contribution in [2.24, 2.45) is 0 Å². The molecule has 1 heterocycles. The molecule has 1 aliphatic carbocycles. The van der Waals surface area contributed by atoms with Crippen LogP contribution in [-0.4, -0.2) is 42.1 Å². The second kappa shape index (κ2) is 11.6. The molecule has 1 aliphatic heterocycles. The van der Waals surface area contributed by atoms with Crippen LogP contribution < -0.4 is 10.1 Å². The number of ether oxygens (including phenoxy) is 2. The number of esters is 1. The maximum absolute atomic E-state index is 13.7. The molecule has 2 aliphatic rings. The minimum Gasteiger partial charge on any atom is -0.503 e. The summed E-state index contributed by atoms with van der Waals surface area (Å²) in [7, 11) is 1.47. The summed E-state index contributed by atoms with van der Waals surface area (Å²) >= 11 is 5.09. The van der Waals surface area contributed by atoms with Crippen LogP contribution in [0.5, 0.6) is 11.5 Å². The van der Waals surface area contributed by atoms with Gasteiger partial charge in [-0.15, -0.1) is 0 Å². The van der Waals surface area contributed by atoms with E-state index in [9.17, 15) is 14.7 Å². The maximum Gasteiger partial charge on any atom is 0.336 e. The van der Waals surface area contributed by atoms with Gasteiger partial charge in [-0.1, -0.05) is 37.3 Å². The van der Waals surface area contributed by atoms with E-state index in [0.29, 0.717) is 52.1 Å². The Morgan fingerprint density at radius 2 is 1.94 bits per heavy atom. The fraction of sp³-hybridized carbons (Fsp3) is 0.357. The van der Waals surface area contributed by atoms with E-state index in [2.05, 4.69) is 28.2 Å². The molecule has 0 bridgehead atoms. The molecule has 190 valence electrons. The number of benzene rings is 2. The number of hydrogen-bond donors (Lipinski definition) is 2. The summed E-state index contributed by atoms with van der Waals surface area (Å²) in [5.74, 6) is 0.830. The molecule has 0 amide bonds. The first-order valence-corrected chi connectivity index (χ1v) is 13.9. The zero-order valence-electron chi connectivity index (χ0n) is 20.6. The number of carbonyl (C=O) groups excluding carboxylic acids is 2. The van der Waals surface area contributed by atoms with Crippen LogP contribution in [0.2, 0.25) is 0 Å².